The summed E-state index contributed by atoms with van der Waals surface area (Å²) in [6.45, 7) is 9.93. The van der Waals surface area contributed by atoms with Crippen LogP contribution >= 0.6 is 0 Å². The van der Waals surface area contributed by atoms with E-state index in [0.29, 0.717) is 0 Å². The molecule has 3 nitrogen and oxygen atoms in total. The van der Waals surface area contributed by atoms with E-state index < -0.39 is 0 Å². The average molecular weight is 240 g/mol. The summed E-state index contributed by atoms with van der Waals surface area (Å²) >= 11 is 0. The predicted molar refractivity (Wildman–Crippen MR) is 71.8 cm³/mol. The minimum atomic E-state index is -0.176. The van der Waals surface area contributed by atoms with Gasteiger partial charge >= 0.3 is 0 Å². The lowest BCUT2D eigenvalue weighted by Gasteiger charge is -2.14. The number of rotatable bonds is 11. The molecule has 0 aromatic rings. The van der Waals surface area contributed by atoms with Gasteiger partial charge < -0.3 is 10.1 Å². The summed E-state index contributed by atoms with van der Waals surface area (Å²) in [4.78, 5) is 0. The molecule has 0 aliphatic rings. The number of unbranched alkanes of at least 4 members (excludes halogenated alkanes) is 1. The molecule has 0 fully saturated rings. The number of ether oxygens (including phenoxy) is 1. The van der Waals surface area contributed by atoms with E-state index in [1.54, 1.807) is 0 Å². The molecule has 3 heteroatoms. The van der Waals surface area contributed by atoms with Gasteiger partial charge in [0, 0.05) is 13.2 Å². The summed E-state index contributed by atoms with van der Waals surface area (Å²) < 4.78 is 5.47. The van der Waals surface area contributed by atoms with E-state index in [2.05, 4.69) is 18.3 Å². The van der Waals surface area contributed by atoms with Crippen molar-refractivity contribution < 1.29 is 4.74 Å². The molecule has 0 atom stereocenters. The second kappa shape index (κ2) is 10.6. The molecule has 0 aliphatic heterocycles. The highest BCUT2D eigenvalue weighted by atomic mass is 16.5. The Morgan fingerprint density at radius 1 is 1.12 bits per heavy atom. The zero-order valence-electron chi connectivity index (χ0n) is 11.7. The van der Waals surface area contributed by atoms with Gasteiger partial charge in [-0.2, -0.15) is 5.26 Å². The van der Waals surface area contributed by atoms with Gasteiger partial charge in [-0.1, -0.05) is 13.3 Å². The molecule has 0 bridgehead atoms. The molecule has 0 saturated carbocycles. The highest BCUT2D eigenvalue weighted by molar-refractivity contribution is 4.91. The third-order valence-electron chi connectivity index (χ3n) is 2.74. The minimum absolute atomic E-state index is 0.176. The smallest absolute Gasteiger partial charge is 0.0683 e. The first kappa shape index (κ1) is 16.4. The van der Waals surface area contributed by atoms with Gasteiger partial charge in [-0.05, 0) is 52.6 Å². The summed E-state index contributed by atoms with van der Waals surface area (Å²) in [5.74, 6) is 0. The average Bonchev–Trinajstić information content (AvgIpc) is 2.31. The summed E-state index contributed by atoms with van der Waals surface area (Å²) in [7, 11) is 0. The monoisotopic (exact) mass is 240 g/mol. The van der Waals surface area contributed by atoms with E-state index in [4.69, 9.17) is 10.00 Å². The van der Waals surface area contributed by atoms with Crippen LogP contribution in [0.1, 0.15) is 52.9 Å². The highest BCUT2D eigenvalue weighted by Gasteiger charge is 2.14. The van der Waals surface area contributed by atoms with E-state index in [1.165, 1.54) is 6.42 Å². The van der Waals surface area contributed by atoms with Gasteiger partial charge in [0.05, 0.1) is 11.5 Å². The SMILES string of the molecule is CCCCOCCCNCCCC(C)(C)C#N. The quantitative estimate of drug-likeness (QED) is 0.564. The van der Waals surface area contributed by atoms with Gasteiger partial charge in [-0.25, -0.2) is 0 Å². The standard InChI is InChI=1S/C14H28N2O/c1-4-5-11-17-12-7-10-16-9-6-8-14(2,3)13-15/h16H,4-12H2,1-3H3. The predicted octanol–water partition coefficient (Wildman–Crippen LogP) is 3.11. The third kappa shape index (κ3) is 11.7. The lowest BCUT2D eigenvalue weighted by Crippen LogP contribution is -2.20. The van der Waals surface area contributed by atoms with Crippen molar-refractivity contribution in [3.8, 4) is 6.07 Å². The van der Waals surface area contributed by atoms with Crippen molar-refractivity contribution in [2.75, 3.05) is 26.3 Å². The van der Waals surface area contributed by atoms with Gasteiger partial charge in [0.2, 0.25) is 0 Å². The van der Waals surface area contributed by atoms with Crippen LogP contribution in [0.4, 0.5) is 0 Å². The minimum Gasteiger partial charge on any atom is -0.381 e. The van der Waals surface area contributed by atoms with Gasteiger partial charge in [0.1, 0.15) is 0 Å². The molecule has 100 valence electrons. The maximum atomic E-state index is 8.85. The molecule has 17 heavy (non-hydrogen) atoms. The Kier molecular flexibility index (Phi) is 10.2. The molecular formula is C14H28N2O. The molecular weight excluding hydrogens is 212 g/mol. The fourth-order valence-electron chi connectivity index (χ4n) is 1.48. The van der Waals surface area contributed by atoms with Gasteiger partial charge in [-0.15, -0.1) is 0 Å². The number of nitrogens with one attached hydrogen (secondary N) is 1. The second-order valence-electron chi connectivity index (χ2n) is 5.17. The van der Waals surface area contributed by atoms with E-state index in [9.17, 15) is 0 Å². The Labute approximate surface area is 107 Å². The van der Waals surface area contributed by atoms with Crippen LogP contribution in [-0.2, 0) is 4.74 Å². The number of hydrogen-bond acceptors (Lipinski definition) is 3. The lowest BCUT2D eigenvalue weighted by atomic mass is 9.90. The van der Waals surface area contributed by atoms with Crippen molar-refractivity contribution in [2.24, 2.45) is 5.41 Å². The molecule has 0 saturated heterocycles. The fourth-order valence-corrected chi connectivity index (χ4v) is 1.48. The molecule has 0 unspecified atom stereocenters. The van der Waals surface area contributed by atoms with E-state index in [1.807, 2.05) is 13.8 Å². The summed E-state index contributed by atoms with van der Waals surface area (Å²) in [6.07, 6.45) is 5.47. The maximum absolute atomic E-state index is 8.85. The molecule has 0 rings (SSSR count). The van der Waals surface area contributed by atoms with Crippen LogP contribution in [0, 0.1) is 16.7 Å². The Hall–Kier alpha value is -0.590. The van der Waals surface area contributed by atoms with Crippen LogP contribution in [0.15, 0.2) is 0 Å². The van der Waals surface area contributed by atoms with Gasteiger partial charge in [0.15, 0.2) is 0 Å². The van der Waals surface area contributed by atoms with Gasteiger partial charge in [0.25, 0.3) is 0 Å². The Bertz CT molecular complexity index is 209. The van der Waals surface area contributed by atoms with Gasteiger partial charge in [-0.3, -0.25) is 0 Å². The first-order chi connectivity index (χ1) is 8.12. The van der Waals surface area contributed by atoms with E-state index >= 15 is 0 Å². The first-order valence-corrected chi connectivity index (χ1v) is 6.82. The molecule has 0 radical (unpaired) electrons. The molecule has 0 heterocycles. The van der Waals surface area contributed by atoms with Crippen LogP contribution in [0.5, 0.6) is 0 Å². The number of hydrogen-bond donors (Lipinski definition) is 1. The Balaban J connectivity index is 3.12. The van der Waals surface area contributed by atoms with Crippen LogP contribution in [-0.4, -0.2) is 26.3 Å². The zero-order valence-corrected chi connectivity index (χ0v) is 11.7. The van der Waals surface area contributed by atoms with Crippen LogP contribution in [0.2, 0.25) is 0 Å². The van der Waals surface area contributed by atoms with Crippen LogP contribution in [0.25, 0.3) is 0 Å². The summed E-state index contributed by atoms with van der Waals surface area (Å²) in [5.41, 5.74) is -0.176. The lowest BCUT2D eigenvalue weighted by molar-refractivity contribution is 0.129. The molecule has 0 aromatic carbocycles. The van der Waals surface area contributed by atoms with E-state index in [0.717, 1.165) is 52.0 Å². The molecule has 0 amide bonds. The molecule has 0 spiro atoms. The maximum Gasteiger partial charge on any atom is 0.0683 e. The Morgan fingerprint density at radius 3 is 2.41 bits per heavy atom. The van der Waals surface area contributed by atoms with E-state index in [-0.39, 0.29) is 5.41 Å². The van der Waals surface area contributed by atoms with Crippen molar-refractivity contribution in [3.05, 3.63) is 0 Å². The number of nitriles is 1. The topological polar surface area (TPSA) is 45.0 Å². The normalized spacial score (nSPS) is 11.4. The zero-order chi connectivity index (χ0) is 13.0. The summed E-state index contributed by atoms with van der Waals surface area (Å²) in [5, 5.41) is 12.2. The van der Waals surface area contributed by atoms with Crippen LogP contribution in [0.3, 0.4) is 0 Å². The Morgan fingerprint density at radius 2 is 1.76 bits per heavy atom. The summed E-state index contributed by atoms with van der Waals surface area (Å²) in [6, 6.07) is 2.32. The molecule has 0 aromatic heterocycles. The van der Waals surface area contributed by atoms with Crippen LogP contribution < -0.4 is 5.32 Å². The largest absolute Gasteiger partial charge is 0.381 e. The van der Waals surface area contributed by atoms with Crippen molar-refractivity contribution in [1.82, 2.24) is 5.32 Å². The highest BCUT2D eigenvalue weighted by Crippen LogP contribution is 2.19. The number of nitrogens with zero attached hydrogens (tertiary/aromatic N) is 1. The van der Waals surface area contributed by atoms with Crippen molar-refractivity contribution >= 4 is 0 Å². The van der Waals surface area contributed by atoms with Crippen molar-refractivity contribution in [2.45, 2.75) is 52.9 Å². The molecule has 1 N–H and O–H groups in total. The first-order valence-electron chi connectivity index (χ1n) is 6.82. The molecule has 0 aliphatic carbocycles. The van der Waals surface area contributed by atoms with Crippen molar-refractivity contribution in [1.29, 1.82) is 5.26 Å². The fraction of sp³-hybridized carbons (Fsp3) is 0.929. The third-order valence-corrected chi connectivity index (χ3v) is 2.74. The van der Waals surface area contributed by atoms with Crippen molar-refractivity contribution in [3.63, 3.8) is 0 Å². The second-order valence-corrected chi connectivity index (χ2v) is 5.17.